The predicted molar refractivity (Wildman–Crippen MR) is 99.9 cm³/mol. The van der Waals surface area contributed by atoms with E-state index in [0.29, 0.717) is 5.02 Å². The molecule has 0 radical (unpaired) electrons. The fraction of sp³-hybridized carbons (Fsp3) is 0.158. The maximum absolute atomic E-state index is 12.9. The Hall–Kier alpha value is -2.04. The second-order valence-corrected chi connectivity index (χ2v) is 7.34. The largest absolute Gasteiger partial charge is 0.324 e. The third-order valence-electron chi connectivity index (χ3n) is 4.25. The number of rotatable bonds is 2. The minimum Gasteiger partial charge on any atom is -0.324 e. The molecule has 3 nitrogen and oxygen atoms in total. The normalized spacial score (nSPS) is 16.6. The van der Waals surface area contributed by atoms with E-state index in [1.165, 1.54) is 0 Å². The highest BCUT2D eigenvalue weighted by atomic mass is 35.5. The number of carbonyl (C=O) groups excluding carboxylic acids is 1. The number of thioether (sulfide) groups is 1. The number of benzene rings is 2. The Morgan fingerprint density at radius 3 is 3.00 bits per heavy atom. The zero-order valence-electron chi connectivity index (χ0n) is 12.8. The fourth-order valence-electron chi connectivity index (χ4n) is 3.07. The van der Waals surface area contributed by atoms with Gasteiger partial charge in [0.1, 0.15) is 0 Å². The minimum atomic E-state index is -0.182. The molecule has 2 heterocycles. The predicted octanol–water partition coefficient (Wildman–Crippen LogP) is 5.11. The molecule has 0 spiro atoms. The van der Waals surface area contributed by atoms with Crippen LogP contribution in [0.5, 0.6) is 0 Å². The Morgan fingerprint density at radius 2 is 2.08 bits per heavy atom. The summed E-state index contributed by atoms with van der Waals surface area (Å²) in [5.41, 5.74) is 1.77. The number of amides is 1. The van der Waals surface area contributed by atoms with Crippen LogP contribution in [-0.4, -0.2) is 16.6 Å². The van der Waals surface area contributed by atoms with E-state index in [-0.39, 0.29) is 11.8 Å². The van der Waals surface area contributed by atoms with Crippen molar-refractivity contribution in [1.29, 1.82) is 0 Å². The van der Waals surface area contributed by atoms with E-state index in [9.17, 15) is 4.79 Å². The van der Waals surface area contributed by atoms with Crippen molar-refractivity contribution >= 4 is 45.7 Å². The highest BCUT2D eigenvalue weighted by Crippen LogP contribution is 2.39. The lowest BCUT2D eigenvalue weighted by molar-refractivity contribution is -0.117. The highest BCUT2D eigenvalue weighted by molar-refractivity contribution is 7.99. The van der Waals surface area contributed by atoms with Crippen LogP contribution in [0.25, 0.3) is 10.8 Å². The van der Waals surface area contributed by atoms with Gasteiger partial charge in [0.05, 0.1) is 17.8 Å². The molecule has 1 amide bonds. The van der Waals surface area contributed by atoms with Gasteiger partial charge in [-0.2, -0.15) is 0 Å². The van der Waals surface area contributed by atoms with Crippen molar-refractivity contribution in [2.45, 2.75) is 17.2 Å². The Kier molecular flexibility index (Phi) is 4.17. The number of carbonyl (C=O) groups is 1. The maximum Gasteiger partial charge on any atom is 0.232 e. The van der Waals surface area contributed by atoms with Gasteiger partial charge in [-0.15, -0.1) is 11.8 Å². The van der Waals surface area contributed by atoms with Crippen molar-refractivity contribution in [1.82, 2.24) is 4.98 Å². The molecule has 1 aliphatic rings. The van der Waals surface area contributed by atoms with Gasteiger partial charge in [-0.25, -0.2) is 0 Å². The van der Waals surface area contributed by atoms with Crippen LogP contribution < -0.4 is 5.32 Å². The van der Waals surface area contributed by atoms with Crippen molar-refractivity contribution in [3.8, 4) is 0 Å². The van der Waals surface area contributed by atoms with Gasteiger partial charge in [-0.3, -0.25) is 9.78 Å². The average Bonchev–Trinajstić information content (AvgIpc) is 2.61. The Balaban J connectivity index is 1.67. The number of pyridine rings is 1. The first kappa shape index (κ1) is 15.5. The summed E-state index contributed by atoms with van der Waals surface area (Å²) in [5.74, 6) is 0.747. The quantitative estimate of drug-likeness (QED) is 0.695. The number of hydrogen-bond acceptors (Lipinski definition) is 3. The van der Waals surface area contributed by atoms with E-state index in [2.05, 4.69) is 10.3 Å². The van der Waals surface area contributed by atoms with Gasteiger partial charge in [-0.05, 0) is 35.9 Å². The first-order valence-electron chi connectivity index (χ1n) is 7.78. The van der Waals surface area contributed by atoms with E-state index in [1.807, 2.05) is 42.5 Å². The lowest BCUT2D eigenvalue weighted by atomic mass is 9.94. The Bertz CT molecular complexity index is 923. The average molecular weight is 355 g/mol. The van der Waals surface area contributed by atoms with Gasteiger partial charge >= 0.3 is 0 Å². The monoisotopic (exact) mass is 354 g/mol. The van der Waals surface area contributed by atoms with E-state index < -0.39 is 0 Å². The lowest BCUT2D eigenvalue weighted by Crippen LogP contribution is -2.24. The van der Waals surface area contributed by atoms with Crippen molar-refractivity contribution in [3.05, 3.63) is 65.4 Å². The standard InChI is InChI=1S/C19H15ClN2OS/c20-13-5-6-18-16(9-13)15(7-8-24-18)19(23)22-17-11-21-10-12-3-1-2-4-14(12)17/h1-6,9-11,15H,7-8H2,(H,22,23)/t15-/m1/s1. The van der Waals surface area contributed by atoms with Gasteiger partial charge in [0, 0.05) is 26.9 Å². The smallest absolute Gasteiger partial charge is 0.232 e. The van der Waals surface area contributed by atoms with Gasteiger partial charge in [0.15, 0.2) is 0 Å². The van der Waals surface area contributed by atoms with Crippen molar-refractivity contribution < 1.29 is 4.79 Å². The van der Waals surface area contributed by atoms with Crippen LogP contribution >= 0.6 is 23.4 Å². The summed E-state index contributed by atoms with van der Waals surface area (Å²) in [4.78, 5) is 18.3. The van der Waals surface area contributed by atoms with Gasteiger partial charge < -0.3 is 5.32 Å². The van der Waals surface area contributed by atoms with Crippen molar-refractivity contribution in [2.24, 2.45) is 0 Å². The molecule has 5 heteroatoms. The summed E-state index contributed by atoms with van der Waals surface area (Å²) in [5, 5.41) is 5.74. The first-order chi connectivity index (χ1) is 11.7. The topological polar surface area (TPSA) is 42.0 Å². The molecule has 24 heavy (non-hydrogen) atoms. The van der Waals surface area contributed by atoms with Crippen LogP contribution in [0.3, 0.4) is 0 Å². The molecule has 1 N–H and O–H groups in total. The zero-order chi connectivity index (χ0) is 16.5. The molecule has 0 saturated carbocycles. The number of anilines is 1. The van der Waals surface area contributed by atoms with E-state index in [0.717, 1.165) is 39.1 Å². The molecular weight excluding hydrogens is 340 g/mol. The first-order valence-corrected chi connectivity index (χ1v) is 9.14. The van der Waals surface area contributed by atoms with E-state index in [1.54, 1.807) is 24.2 Å². The van der Waals surface area contributed by atoms with Crippen LogP contribution in [0, 0.1) is 0 Å². The van der Waals surface area contributed by atoms with Gasteiger partial charge in [-0.1, -0.05) is 35.9 Å². The molecular formula is C19H15ClN2OS. The summed E-state index contributed by atoms with van der Waals surface area (Å²) in [6.07, 6.45) is 4.32. The van der Waals surface area contributed by atoms with Crippen LogP contribution in [0.2, 0.25) is 5.02 Å². The zero-order valence-corrected chi connectivity index (χ0v) is 14.4. The summed E-state index contributed by atoms with van der Waals surface area (Å²) in [6, 6.07) is 13.7. The molecule has 120 valence electrons. The Labute approximate surface area is 149 Å². The van der Waals surface area contributed by atoms with Crippen LogP contribution in [0.4, 0.5) is 5.69 Å². The fourth-order valence-corrected chi connectivity index (χ4v) is 4.36. The van der Waals surface area contributed by atoms with Crippen LogP contribution in [-0.2, 0) is 4.79 Å². The molecule has 1 atom stereocenters. The van der Waals surface area contributed by atoms with Gasteiger partial charge in [0.2, 0.25) is 5.91 Å². The number of hydrogen-bond donors (Lipinski definition) is 1. The van der Waals surface area contributed by atoms with Crippen LogP contribution in [0.1, 0.15) is 17.9 Å². The molecule has 0 unspecified atom stereocenters. The molecule has 0 fully saturated rings. The third kappa shape index (κ3) is 2.87. The molecule has 0 saturated heterocycles. The van der Waals surface area contributed by atoms with Gasteiger partial charge in [0.25, 0.3) is 0 Å². The molecule has 1 aliphatic heterocycles. The molecule has 2 aromatic carbocycles. The molecule has 3 aromatic rings. The summed E-state index contributed by atoms with van der Waals surface area (Å²) in [6.45, 7) is 0. The lowest BCUT2D eigenvalue weighted by Gasteiger charge is -2.24. The number of nitrogens with zero attached hydrogens (tertiary/aromatic N) is 1. The minimum absolute atomic E-state index is 0.00281. The highest BCUT2D eigenvalue weighted by Gasteiger charge is 2.27. The number of nitrogens with one attached hydrogen (secondary N) is 1. The molecule has 0 aliphatic carbocycles. The molecule has 0 bridgehead atoms. The summed E-state index contributed by atoms with van der Waals surface area (Å²) < 4.78 is 0. The maximum atomic E-state index is 12.9. The molecule has 4 rings (SSSR count). The molecule has 1 aromatic heterocycles. The summed E-state index contributed by atoms with van der Waals surface area (Å²) in [7, 11) is 0. The number of fused-ring (bicyclic) bond motifs is 2. The summed E-state index contributed by atoms with van der Waals surface area (Å²) >= 11 is 7.91. The van der Waals surface area contributed by atoms with Crippen molar-refractivity contribution in [3.63, 3.8) is 0 Å². The number of halogens is 1. The number of aromatic nitrogens is 1. The Morgan fingerprint density at radius 1 is 1.21 bits per heavy atom. The second-order valence-electron chi connectivity index (χ2n) is 5.77. The van der Waals surface area contributed by atoms with Crippen LogP contribution in [0.15, 0.2) is 59.8 Å². The SMILES string of the molecule is O=C(Nc1cncc2ccccc12)[C@@H]1CCSc2ccc(Cl)cc21. The second kappa shape index (κ2) is 6.46. The van der Waals surface area contributed by atoms with Crippen molar-refractivity contribution in [2.75, 3.05) is 11.1 Å². The third-order valence-corrected chi connectivity index (χ3v) is 5.61. The van der Waals surface area contributed by atoms with E-state index >= 15 is 0 Å². The van der Waals surface area contributed by atoms with E-state index in [4.69, 9.17) is 11.6 Å².